The Hall–Kier alpha value is -2.40. The molecule has 0 aliphatic rings. The fraction of sp³-hybridized carbons (Fsp3) is 0.435. The van der Waals surface area contributed by atoms with E-state index in [-0.39, 0.29) is 43.2 Å². The van der Waals surface area contributed by atoms with Crippen molar-refractivity contribution in [1.29, 1.82) is 0 Å². The van der Waals surface area contributed by atoms with Gasteiger partial charge in [-0.2, -0.15) is 0 Å². The van der Waals surface area contributed by atoms with E-state index >= 15 is 0 Å². The number of nitrogens with one attached hydrogen (secondary N) is 2. The molecule has 2 aromatic rings. The molecule has 32 heavy (non-hydrogen) atoms. The molecule has 0 aliphatic carbocycles. The Labute approximate surface area is 207 Å². The Morgan fingerprint density at radius 2 is 1.72 bits per heavy atom. The van der Waals surface area contributed by atoms with Gasteiger partial charge in [-0.25, -0.2) is 4.99 Å². The van der Waals surface area contributed by atoms with Crippen LogP contribution in [0.3, 0.4) is 0 Å². The number of guanidine groups is 1. The monoisotopic (exact) mass is 559 g/mol. The molecular weight excluding hydrogens is 525 g/mol. The van der Waals surface area contributed by atoms with Gasteiger partial charge in [0.15, 0.2) is 17.5 Å². The molecule has 1 atom stereocenters. The second-order valence-corrected chi connectivity index (χ2v) is 6.73. The van der Waals surface area contributed by atoms with Crippen LogP contribution >= 0.6 is 24.0 Å². The summed E-state index contributed by atoms with van der Waals surface area (Å²) >= 11 is 0. The molecule has 2 rings (SSSR count). The zero-order chi connectivity index (χ0) is 22.6. The number of hydrogen-bond donors (Lipinski definition) is 3. The van der Waals surface area contributed by atoms with Crippen molar-refractivity contribution in [1.82, 2.24) is 10.6 Å². The molecule has 1 unspecified atom stereocenters. The van der Waals surface area contributed by atoms with Crippen LogP contribution in [-0.4, -0.2) is 52.2 Å². The third-order valence-electron chi connectivity index (χ3n) is 4.60. The first-order chi connectivity index (χ1) is 15.1. The lowest BCUT2D eigenvalue weighted by Crippen LogP contribution is -2.38. The molecule has 0 radical (unpaired) electrons. The van der Waals surface area contributed by atoms with Gasteiger partial charge in [0.1, 0.15) is 18.1 Å². The van der Waals surface area contributed by atoms with Crippen LogP contribution in [-0.2, 0) is 6.54 Å². The highest BCUT2D eigenvalue weighted by atomic mass is 127. The number of rotatable bonds is 11. The normalized spacial score (nSPS) is 11.8. The van der Waals surface area contributed by atoms with Gasteiger partial charge < -0.3 is 34.7 Å². The first-order valence-corrected chi connectivity index (χ1v) is 10.2. The predicted octanol–water partition coefficient (Wildman–Crippen LogP) is 3.52. The standard InChI is InChI=1S/C23H33N3O5.HI/c1-6-24-23(26-16(2)19-14-18(28-3)8-10-20(19)29-4)25-15-17-7-9-21(31-12-11-27)22(13-17)30-5;/h7-10,13-14,16,27H,6,11-12,15H2,1-5H3,(H2,24,25,26);1H. The van der Waals surface area contributed by atoms with E-state index in [1.165, 1.54) is 0 Å². The Bertz CT molecular complexity index is 864. The fourth-order valence-corrected chi connectivity index (χ4v) is 3.04. The zero-order valence-electron chi connectivity index (χ0n) is 19.3. The van der Waals surface area contributed by atoms with E-state index in [1.54, 1.807) is 21.3 Å². The van der Waals surface area contributed by atoms with Crippen molar-refractivity contribution in [3.63, 3.8) is 0 Å². The van der Waals surface area contributed by atoms with Crippen LogP contribution in [0.1, 0.15) is 31.0 Å². The highest BCUT2D eigenvalue weighted by molar-refractivity contribution is 14.0. The highest BCUT2D eigenvalue weighted by Crippen LogP contribution is 2.30. The highest BCUT2D eigenvalue weighted by Gasteiger charge is 2.14. The van der Waals surface area contributed by atoms with Crippen molar-refractivity contribution < 1.29 is 24.1 Å². The van der Waals surface area contributed by atoms with Crippen molar-refractivity contribution in [2.24, 2.45) is 4.99 Å². The number of methoxy groups -OCH3 is 3. The maximum Gasteiger partial charge on any atom is 0.192 e. The molecule has 0 fully saturated rings. The van der Waals surface area contributed by atoms with Crippen LogP contribution in [0, 0.1) is 0 Å². The van der Waals surface area contributed by atoms with E-state index in [1.807, 2.05) is 50.2 Å². The Kier molecular flexibility index (Phi) is 12.6. The topological polar surface area (TPSA) is 93.6 Å². The quantitative estimate of drug-likeness (QED) is 0.221. The van der Waals surface area contributed by atoms with Crippen LogP contribution in [0.15, 0.2) is 41.4 Å². The molecule has 0 aromatic heterocycles. The number of aliphatic imine (C=N–C) groups is 1. The van der Waals surface area contributed by atoms with E-state index in [9.17, 15) is 0 Å². The number of benzene rings is 2. The van der Waals surface area contributed by atoms with Crippen LogP contribution in [0.25, 0.3) is 0 Å². The van der Waals surface area contributed by atoms with E-state index in [2.05, 4.69) is 10.6 Å². The fourth-order valence-electron chi connectivity index (χ4n) is 3.04. The summed E-state index contributed by atoms with van der Waals surface area (Å²) < 4.78 is 21.7. The summed E-state index contributed by atoms with van der Waals surface area (Å²) in [5.41, 5.74) is 1.94. The molecule has 0 heterocycles. The molecule has 0 aliphatic heterocycles. The van der Waals surface area contributed by atoms with Crippen molar-refractivity contribution in [2.45, 2.75) is 26.4 Å². The number of halogens is 1. The number of aliphatic hydroxyl groups is 1. The van der Waals surface area contributed by atoms with E-state index in [4.69, 9.17) is 29.0 Å². The Morgan fingerprint density at radius 1 is 1.00 bits per heavy atom. The van der Waals surface area contributed by atoms with Gasteiger partial charge in [0.2, 0.25) is 0 Å². The van der Waals surface area contributed by atoms with Gasteiger partial charge in [-0.3, -0.25) is 0 Å². The summed E-state index contributed by atoms with van der Waals surface area (Å²) in [6.07, 6.45) is 0. The minimum absolute atomic E-state index is 0. The molecule has 0 amide bonds. The second-order valence-electron chi connectivity index (χ2n) is 6.73. The van der Waals surface area contributed by atoms with Gasteiger partial charge in [0, 0.05) is 12.1 Å². The molecule has 0 saturated heterocycles. The maximum atomic E-state index is 8.95. The third kappa shape index (κ3) is 7.94. The average molecular weight is 559 g/mol. The summed E-state index contributed by atoms with van der Waals surface area (Å²) in [6, 6.07) is 11.3. The van der Waals surface area contributed by atoms with Crippen LogP contribution < -0.4 is 29.6 Å². The molecular formula is C23H34IN3O5. The van der Waals surface area contributed by atoms with Gasteiger partial charge in [-0.15, -0.1) is 24.0 Å². The number of hydrogen-bond acceptors (Lipinski definition) is 6. The smallest absolute Gasteiger partial charge is 0.192 e. The predicted molar refractivity (Wildman–Crippen MR) is 137 cm³/mol. The van der Waals surface area contributed by atoms with E-state index < -0.39 is 0 Å². The molecule has 2 aromatic carbocycles. The van der Waals surface area contributed by atoms with Crippen molar-refractivity contribution >= 4 is 29.9 Å². The Morgan fingerprint density at radius 3 is 2.34 bits per heavy atom. The minimum atomic E-state index is -0.0633. The Balaban J connectivity index is 0.00000512. The first kappa shape index (κ1) is 27.6. The van der Waals surface area contributed by atoms with Crippen LogP contribution in [0.5, 0.6) is 23.0 Å². The first-order valence-electron chi connectivity index (χ1n) is 10.2. The van der Waals surface area contributed by atoms with Crippen molar-refractivity contribution in [2.75, 3.05) is 41.1 Å². The summed E-state index contributed by atoms with van der Waals surface area (Å²) in [5, 5.41) is 15.6. The summed E-state index contributed by atoms with van der Waals surface area (Å²) in [7, 11) is 4.88. The number of ether oxygens (including phenoxy) is 4. The van der Waals surface area contributed by atoms with Crippen LogP contribution in [0.4, 0.5) is 0 Å². The van der Waals surface area contributed by atoms with Gasteiger partial charge in [0.25, 0.3) is 0 Å². The van der Waals surface area contributed by atoms with Gasteiger partial charge in [-0.05, 0) is 49.7 Å². The minimum Gasteiger partial charge on any atom is -0.497 e. The van der Waals surface area contributed by atoms with Gasteiger partial charge >= 0.3 is 0 Å². The maximum absolute atomic E-state index is 8.95. The SMILES string of the molecule is CCNC(=NCc1ccc(OCCO)c(OC)c1)NC(C)c1cc(OC)ccc1OC.I. The second kappa shape index (κ2) is 14.6. The van der Waals surface area contributed by atoms with Crippen molar-refractivity contribution in [3.05, 3.63) is 47.5 Å². The number of nitrogens with zero attached hydrogens (tertiary/aromatic N) is 1. The molecule has 178 valence electrons. The van der Waals surface area contributed by atoms with E-state index in [0.29, 0.717) is 24.0 Å². The molecule has 9 heteroatoms. The lowest BCUT2D eigenvalue weighted by Gasteiger charge is -2.21. The van der Waals surface area contributed by atoms with Gasteiger partial charge in [-0.1, -0.05) is 6.07 Å². The lowest BCUT2D eigenvalue weighted by molar-refractivity contribution is 0.196. The van der Waals surface area contributed by atoms with E-state index in [0.717, 1.165) is 29.2 Å². The van der Waals surface area contributed by atoms with Crippen LogP contribution in [0.2, 0.25) is 0 Å². The molecule has 0 spiro atoms. The van der Waals surface area contributed by atoms with Crippen molar-refractivity contribution in [3.8, 4) is 23.0 Å². The molecule has 0 saturated carbocycles. The molecule has 0 bridgehead atoms. The zero-order valence-corrected chi connectivity index (χ0v) is 21.6. The molecule has 3 N–H and O–H groups in total. The lowest BCUT2D eigenvalue weighted by atomic mass is 10.1. The summed E-state index contributed by atoms with van der Waals surface area (Å²) in [5.74, 6) is 3.42. The third-order valence-corrected chi connectivity index (χ3v) is 4.60. The molecule has 8 nitrogen and oxygen atoms in total. The largest absolute Gasteiger partial charge is 0.497 e. The summed E-state index contributed by atoms with van der Waals surface area (Å²) in [6.45, 7) is 5.40. The average Bonchev–Trinajstić information content (AvgIpc) is 2.80. The van der Waals surface area contributed by atoms with Gasteiger partial charge in [0.05, 0.1) is 40.5 Å². The summed E-state index contributed by atoms with van der Waals surface area (Å²) in [4.78, 5) is 4.70. The number of aliphatic hydroxyl groups excluding tert-OH is 1.